The fourth-order valence-corrected chi connectivity index (χ4v) is 2.30. The molecule has 0 atom stereocenters. The van der Waals surface area contributed by atoms with Crippen LogP contribution in [0.4, 0.5) is 0 Å². The summed E-state index contributed by atoms with van der Waals surface area (Å²) in [6, 6.07) is 11.2. The van der Waals surface area contributed by atoms with Gasteiger partial charge in [0.1, 0.15) is 17.2 Å². The molecule has 3 rings (SSSR count). The van der Waals surface area contributed by atoms with Crippen LogP contribution in [-0.4, -0.2) is 30.3 Å². The Morgan fingerprint density at radius 3 is 3.05 bits per heavy atom. The van der Waals surface area contributed by atoms with E-state index in [-0.39, 0.29) is 5.91 Å². The first-order valence-electron chi connectivity index (χ1n) is 6.81. The number of methoxy groups -OCH3 is 1. The van der Waals surface area contributed by atoms with Crippen molar-refractivity contribution in [3.8, 4) is 5.75 Å². The van der Waals surface area contributed by atoms with Crippen LogP contribution in [-0.2, 0) is 11.2 Å². The van der Waals surface area contributed by atoms with Gasteiger partial charge in [0.05, 0.1) is 26.3 Å². The number of benzene rings is 1. The molecule has 1 aromatic carbocycles. The quantitative estimate of drug-likeness (QED) is 0.866. The molecule has 0 unspecified atom stereocenters. The van der Waals surface area contributed by atoms with Gasteiger partial charge in [0.2, 0.25) is 5.91 Å². The van der Waals surface area contributed by atoms with E-state index in [2.05, 4.69) is 5.10 Å². The lowest BCUT2D eigenvalue weighted by molar-refractivity contribution is -0.130. The van der Waals surface area contributed by atoms with Crippen molar-refractivity contribution in [2.24, 2.45) is 5.10 Å². The lowest BCUT2D eigenvalue weighted by atomic mass is 10.1. The highest BCUT2D eigenvalue weighted by atomic mass is 16.5. The van der Waals surface area contributed by atoms with Crippen LogP contribution >= 0.6 is 0 Å². The number of carbonyl (C=O) groups excluding carboxylic acids is 1. The van der Waals surface area contributed by atoms with E-state index in [1.54, 1.807) is 13.4 Å². The third-order valence-corrected chi connectivity index (χ3v) is 3.38. The second kappa shape index (κ2) is 5.83. The number of hydrogen-bond donors (Lipinski definition) is 0. The molecule has 0 spiro atoms. The molecule has 0 saturated carbocycles. The Kier molecular flexibility index (Phi) is 3.73. The van der Waals surface area contributed by atoms with Crippen molar-refractivity contribution in [2.45, 2.75) is 12.8 Å². The number of carbonyl (C=O) groups is 1. The van der Waals surface area contributed by atoms with Crippen LogP contribution in [0.3, 0.4) is 0 Å². The van der Waals surface area contributed by atoms with Gasteiger partial charge in [-0.3, -0.25) is 4.79 Å². The van der Waals surface area contributed by atoms with Crippen LogP contribution in [0.25, 0.3) is 0 Å². The molecule has 5 nitrogen and oxygen atoms in total. The first-order chi connectivity index (χ1) is 10.3. The molecule has 0 fully saturated rings. The summed E-state index contributed by atoms with van der Waals surface area (Å²) in [4.78, 5) is 12.3. The van der Waals surface area contributed by atoms with Crippen LogP contribution in [0.5, 0.6) is 5.75 Å². The van der Waals surface area contributed by atoms with Crippen LogP contribution in [0.2, 0.25) is 0 Å². The van der Waals surface area contributed by atoms with Gasteiger partial charge in [0, 0.05) is 6.42 Å². The van der Waals surface area contributed by atoms with Crippen LogP contribution in [0, 0.1) is 0 Å². The molecule has 1 aliphatic heterocycles. The summed E-state index contributed by atoms with van der Waals surface area (Å²) in [7, 11) is 1.61. The summed E-state index contributed by atoms with van der Waals surface area (Å²) in [5.41, 5.74) is 1.74. The van der Waals surface area contributed by atoms with E-state index in [0.717, 1.165) is 29.2 Å². The summed E-state index contributed by atoms with van der Waals surface area (Å²) in [5.74, 6) is 1.46. The van der Waals surface area contributed by atoms with Crippen molar-refractivity contribution in [1.82, 2.24) is 5.01 Å². The third kappa shape index (κ3) is 2.97. The van der Waals surface area contributed by atoms with Gasteiger partial charge in [0.25, 0.3) is 0 Å². The minimum absolute atomic E-state index is 0.0233. The first-order valence-corrected chi connectivity index (χ1v) is 6.81. The normalized spacial score (nSPS) is 14.1. The monoisotopic (exact) mass is 284 g/mol. The molecule has 108 valence electrons. The molecule has 1 amide bonds. The summed E-state index contributed by atoms with van der Waals surface area (Å²) in [5, 5.41) is 5.86. The molecule has 0 radical (unpaired) electrons. The largest absolute Gasteiger partial charge is 0.497 e. The Balaban J connectivity index is 1.69. The number of furan rings is 1. The van der Waals surface area contributed by atoms with E-state index in [9.17, 15) is 4.79 Å². The Labute approximate surface area is 122 Å². The van der Waals surface area contributed by atoms with Crippen LogP contribution in [0.1, 0.15) is 17.7 Å². The molecular formula is C16H16N2O3. The Morgan fingerprint density at radius 1 is 1.38 bits per heavy atom. The lowest BCUT2D eigenvalue weighted by Gasteiger charge is -2.11. The highest BCUT2D eigenvalue weighted by molar-refractivity contribution is 6.00. The SMILES string of the molecule is COc1cccc(CC(=O)N2CCC(c3ccco3)=N2)c1. The van der Waals surface area contributed by atoms with Crippen molar-refractivity contribution >= 4 is 11.6 Å². The summed E-state index contributed by atoms with van der Waals surface area (Å²) < 4.78 is 10.5. The minimum Gasteiger partial charge on any atom is -0.497 e. The van der Waals surface area contributed by atoms with Gasteiger partial charge < -0.3 is 9.15 Å². The fraction of sp³-hybridized carbons (Fsp3) is 0.250. The van der Waals surface area contributed by atoms with E-state index in [0.29, 0.717) is 13.0 Å². The molecular weight excluding hydrogens is 268 g/mol. The zero-order valence-corrected chi connectivity index (χ0v) is 11.8. The van der Waals surface area contributed by atoms with Crippen molar-refractivity contribution in [1.29, 1.82) is 0 Å². The van der Waals surface area contributed by atoms with Gasteiger partial charge in [-0.25, -0.2) is 5.01 Å². The van der Waals surface area contributed by atoms with E-state index in [1.807, 2.05) is 36.4 Å². The Morgan fingerprint density at radius 2 is 2.29 bits per heavy atom. The predicted molar refractivity (Wildman–Crippen MR) is 78.3 cm³/mol. The molecule has 2 aromatic rings. The van der Waals surface area contributed by atoms with Crippen LogP contribution in [0.15, 0.2) is 52.2 Å². The van der Waals surface area contributed by atoms with Gasteiger partial charge in [-0.05, 0) is 29.8 Å². The maximum absolute atomic E-state index is 12.3. The number of hydrazone groups is 1. The van der Waals surface area contributed by atoms with E-state index < -0.39 is 0 Å². The van der Waals surface area contributed by atoms with E-state index in [4.69, 9.17) is 9.15 Å². The minimum atomic E-state index is -0.0233. The molecule has 1 aromatic heterocycles. The summed E-state index contributed by atoms with van der Waals surface area (Å²) in [6.45, 7) is 0.596. The second-order valence-corrected chi connectivity index (χ2v) is 4.82. The van der Waals surface area contributed by atoms with E-state index >= 15 is 0 Å². The van der Waals surface area contributed by atoms with Crippen molar-refractivity contribution < 1.29 is 13.9 Å². The molecule has 0 N–H and O–H groups in total. The third-order valence-electron chi connectivity index (χ3n) is 3.38. The number of nitrogens with zero attached hydrogens (tertiary/aromatic N) is 2. The van der Waals surface area contributed by atoms with Gasteiger partial charge in [-0.15, -0.1) is 0 Å². The number of amides is 1. The molecule has 0 saturated heterocycles. The molecule has 0 bridgehead atoms. The fourth-order valence-electron chi connectivity index (χ4n) is 2.30. The zero-order valence-electron chi connectivity index (χ0n) is 11.8. The Bertz CT molecular complexity index is 662. The summed E-state index contributed by atoms with van der Waals surface area (Å²) in [6.07, 6.45) is 2.64. The van der Waals surface area contributed by atoms with Crippen LogP contribution < -0.4 is 4.74 Å². The molecule has 2 heterocycles. The number of ether oxygens (including phenoxy) is 1. The van der Waals surface area contributed by atoms with Gasteiger partial charge >= 0.3 is 0 Å². The predicted octanol–water partition coefficient (Wildman–Crippen LogP) is 2.47. The first kappa shape index (κ1) is 13.4. The highest BCUT2D eigenvalue weighted by Gasteiger charge is 2.22. The maximum atomic E-state index is 12.3. The zero-order chi connectivity index (χ0) is 14.7. The molecule has 5 heteroatoms. The molecule has 1 aliphatic rings. The second-order valence-electron chi connectivity index (χ2n) is 4.82. The highest BCUT2D eigenvalue weighted by Crippen LogP contribution is 2.17. The topological polar surface area (TPSA) is 55.0 Å². The maximum Gasteiger partial charge on any atom is 0.247 e. The van der Waals surface area contributed by atoms with Crippen molar-refractivity contribution in [3.63, 3.8) is 0 Å². The molecule has 21 heavy (non-hydrogen) atoms. The summed E-state index contributed by atoms with van der Waals surface area (Å²) >= 11 is 0. The smallest absolute Gasteiger partial charge is 0.247 e. The van der Waals surface area contributed by atoms with Gasteiger partial charge in [-0.1, -0.05) is 12.1 Å². The number of hydrogen-bond acceptors (Lipinski definition) is 4. The standard InChI is InChI=1S/C16H16N2O3/c1-20-13-5-2-4-12(10-13)11-16(19)18-8-7-14(17-18)15-6-3-9-21-15/h2-6,9-10H,7-8,11H2,1H3. The number of rotatable bonds is 4. The van der Waals surface area contributed by atoms with E-state index in [1.165, 1.54) is 5.01 Å². The van der Waals surface area contributed by atoms with Crippen molar-refractivity contribution in [2.75, 3.05) is 13.7 Å². The average molecular weight is 284 g/mol. The average Bonchev–Trinajstić information content (AvgIpc) is 3.18. The molecule has 0 aliphatic carbocycles. The Hall–Kier alpha value is -2.56. The van der Waals surface area contributed by atoms with Gasteiger partial charge in [-0.2, -0.15) is 5.10 Å². The van der Waals surface area contributed by atoms with Crippen molar-refractivity contribution in [3.05, 3.63) is 54.0 Å². The van der Waals surface area contributed by atoms with Gasteiger partial charge in [0.15, 0.2) is 0 Å². The lowest BCUT2D eigenvalue weighted by Crippen LogP contribution is -2.25.